The molecule has 1 fully saturated rings. The summed E-state index contributed by atoms with van der Waals surface area (Å²) in [5.74, 6) is -0.732. The van der Waals surface area contributed by atoms with E-state index in [4.69, 9.17) is 0 Å². The highest BCUT2D eigenvalue weighted by atomic mass is 16.3. The van der Waals surface area contributed by atoms with E-state index in [9.17, 15) is 14.7 Å². The summed E-state index contributed by atoms with van der Waals surface area (Å²) in [5, 5.41) is 16.6. The summed E-state index contributed by atoms with van der Waals surface area (Å²) in [4.78, 5) is 26.6. The van der Waals surface area contributed by atoms with Gasteiger partial charge in [0.1, 0.15) is 0 Å². The molecule has 0 spiro atoms. The van der Waals surface area contributed by atoms with E-state index in [1.165, 1.54) is 0 Å². The fourth-order valence-corrected chi connectivity index (χ4v) is 3.68. The number of nitrogens with zero attached hydrogens (tertiary/aromatic N) is 1. The second kappa shape index (κ2) is 9.45. The lowest BCUT2D eigenvalue weighted by atomic mass is 10.1. The van der Waals surface area contributed by atoms with E-state index < -0.39 is 12.0 Å². The smallest absolute Gasteiger partial charge is 0.229 e. The highest BCUT2D eigenvalue weighted by Crippen LogP contribution is 2.24. The van der Waals surface area contributed by atoms with Crippen molar-refractivity contribution >= 4 is 28.9 Å². The Kier molecular flexibility index (Phi) is 6.29. The van der Waals surface area contributed by atoms with Crippen molar-refractivity contribution in [2.24, 2.45) is 5.92 Å². The zero-order valence-corrected chi connectivity index (χ0v) is 17.1. The molecule has 2 unspecified atom stereocenters. The Hall–Kier alpha value is -3.64. The van der Waals surface area contributed by atoms with Gasteiger partial charge in [-0.25, -0.2) is 0 Å². The van der Waals surface area contributed by atoms with Gasteiger partial charge in [0.2, 0.25) is 11.8 Å². The van der Waals surface area contributed by atoms with Gasteiger partial charge in [0.25, 0.3) is 0 Å². The molecule has 4 rings (SSSR count). The molecule has 6 nitrogen and oxygen atoms in total. The number of carbonyl (C=O) groups is 2. The van der Waals surface area contributed by atoms with Crippen LogP contribution in [-0.4, -0.2) is 34.9 Å². The van der Waals surface area contributed by atoms with Gasteiger partial charge in [-0.3, -0.25) is 9.59 Å². The van der Waals surface area contributed by atoms with E-state index in [1.54, 1.807) is 4.90 Å². The number of rotatable bonds is 7. The van der Waals surface area contributed by atoms with Gasteiger partial charge in [-0.1, -0.05) is 48.5 Å². The van der Waals surface area contributed by atoms with Gasteiger partial charge in [-0.05, 0) is 42.0 Å². The van der Waals surface area contributed by atoms with Gasteiger partial charge < -0.3 is 20.6 Å². The molecule has 0 aromatic heterocycles. The minimum Gasteiger partial charge on any atom is -0.387 e. The number of anilines is 3. The lowest BCUT2D eigenvalue weighted by Crippen LogP contribution is -2.31. The lowest BCUT2D eigenvalue weighted by molar-refractivity contribution is -0.129. The van der Waals surface area contributed by atoms with Gasteiger partial charge in [0.05, 0.1) is 18.6 Å². The Morgan fingerprint density at radius 2 is 1.48 bits per heavy atom. The van der Waals surface area contributed by atoms with Crippen LogP contribution in [0.15, 0.2) is 84.9 Å². The molecule has 3 N–H and O–H groups in total. The maximum absolute atomic E-state index is 12.7. The van der Waals surface area contributed by atoms with Crippen LogP contribution in [0.25, 0.3) is 0 Å². The molecular weight excluding hydrogens is 390 g/mol. The molecule has 1 heterocycles. The Bertz CT molecular complexity index is 1020. The average molecular weight is 415 g/mol. The van der Waals surface area contributed by atoms with Crippen LogP contribution in [0.2, 0.25) is 0 Å². The fourth-order valence-electron chi connectivity index (χ4n) is 3.68. The molecule has 2 amide bonds. The number of β-amino-alcohol motifs (C(OH)–C–C–N with tert-alkyl or cyclic N) is 1. The van der Waals surface area contributed by atoms with Crippen molar-refractivity contribution in [3.63, 3.8) is 0 Å². The number of likely N-dealkylation sites (tertiary alicyclic amines) is 1. The Labute approximate surface area is 181 Å². The van der Waals surface area contributed by atoms with E-state index in [-0.39, 0.29) is 24.8 Å². The van der Waals surface area contributed by atoms with Crippen molar-refractivity contribution in [2.75, 3.05) is 23.7 Å². The number of nitrogens with one attached hydrogen (secondary N) is 2. The van der Waals surface area contributed by atoms with E-state index in [0.717, 1.165) is 16.9 Å². The van der Waals surface area contributed by atoms with Crippen LogP contribution in [0.4, 0.5) is 17.1 Å². The molecule has 3 aromatic carbocycles. The Morgan fingerprint density at radius 3 is 2.16 bits per heavy atom. The highest BCUT2D eigenvalue weighted by molar-refractivity contribution is 5.97. The molecule has 158 valence electrons. The standard InChI is InChI=1S/C25H25N3O3/c29-23(18-7-3-1-4-8-18)17-28-16-19(15-24(28)30)25(31)27-22-13-11-21(12-14-22)26-20-9-5-2-6-10-20/h1-14,19,23,26,29H,15-17H2,(H,27,31). The third kappa shape index (κ3) is 5.29. The number of amides is 2. The topological polar surface area (TPSA) is 81.7 Å². The molecular formula is C25H25N3O3. The normalized spacial score (nSPS) is 16.7. The number of carbonyl (C=O) groups excluding carboxylic acids is 2. The zero-order chi connectivity index (χ0) is 21.6. The zero-order valence-electron chi connectivity index (χ0n) is 17.1. The maximum atomic E-state index is 12.7. The molecule has 3 aromatic rings. The van der Waals surface area contributed by atoms with Crippen molar-refractivity contribution in [1.82, 2.24) is 4.90 Å². The number of hydrogen-bond acceptors (Lipinski definition) is 4. The van der Waals surface area contributed by atoms with E-state index in [0.29, 0.717) is 12.2 Å². The van der Waals surface area contributed by atoms with Crippen molar-refractivity contribution in [1.29, 1.82) is 0 Å². The SMILES string of the molecule is O=C(Nc1ccc(Nc2ccccc2)cc1)C1CC(=O)N(CC(O)c2ccccc2)C1. The van der Waals surface area contributed by atoms with Crippen LogP contribution < -0.4 is 10.6 Å². The molecule has 1 saturated heterocycles. The molecule has 0 aliphatic carbocycles. The molecule has 6 heteroatoms. The summed E-state index contributed by atoms with van der Waals surface area (Å²) in [6.07, 6.45) is -0.613. The number of aliphatic hydroxyl groups excluding tert-OH is 1. The van der Waals surface area contributed by atoms with Gasteiger partial charge in [-0.2, -0.15) is 0 Å². The summed E-state index contributed by atoms with van der Waals surface area (Å²) >= 11 is 0. The van der Waals surface area contributed by atoms with Crippen LogP contribution in [0.1, 0.15) is 18.1 Å². The number of aliphatic hydroxyl groups is 1. The van der Waals surface area contributed by atoms with Gasteiger partial charge >= 0.3 is 0 Å². The first-order chi connectivity index (χ1) is 15.1. The second-order valence-electron chi connectivity index (χ2n) is 7.68. The molecule has 2 atom stereocenters. The van der Waals surface area contributed by atoms with E-state index in [2.05, 4.69) is 10.6 Å². The third-order valence-corrected chi connectivity index (χ3v) is 5.38. The Morgan fingerprint density at radius 1 is 0.903 bits per heavy atom. The summed E-state index contributed by atoms with van der Waals surface area (Å²) in [5.41, 5.74) is 3.34. The molecule has 0 radical (unpaired) electrons. The fraction of sp³-hybridized carbons (Fsp3) is 0.200. The minimum atomic E-state index is -0.767. The van der Waals surface area contributed by atoms with Crippen molar-refractivity contribution in [3.05, 3.63) is 90.5 Å². The summed E-state index contributed by atoms with van der Waals surface area (Å²) in [6.45, 7) is 0.495. The quantitative estimate of drug-likeness (QED) is 0.546. The van der Waals surface area contributed by atoms with Crippen molar-refractivity contribution < 1.29 is 14.7 Å². The Balaban J connectivity index is 1.31. The van der Waals surface area contributed by atoms with Crippen molar-refractivity contribution in [2.45, 2.75) is 12.5 Å². The largest absolute Gasteiger partial charge is 0.387 e. The van der Waals surface area contributed by atoms with E-state index in [1.807, 2.05) is 84.9 Å². The number of para-hydroxylation sites is 1. The van der Waals surface area contributed by atoms with E-state index >= 15 is 0 Å². The van der Waals surface area contributed by atoms with Gasteiger partial charge in [0.15, 0.2) is 0 Å². The van der Waals surface area contributed by atoms with Crippen LogP contribution in [0, 0.1) is 5.92 Å². The molecule has 31 heavy (non-hydrogen) atoms. The van der Waals surface area contributed by atoms with Crippen LogP contribution in [0.3, 0.4) is 0 Å². The van der Waals surface area contributed by atoms with Gasteiger partial charge in [0, 0.05) is 30.0 Å². The minimum absolute atomic E-state index is 0.113. The van der Waals surface area contributed by atoms with Crippen LogP contribution in [-0.2, 0) is 9.59 Å². The third-order valence-electron chi connectivity index (χ3n) is 5.38. The first kappa shape index (κ1) is 20.6. The molecule has 1 aliphatic heterocycles. The molecule has 0 bridgehead atoms. The first-order valence-electron chi connectivity index (χ1n) is 10.3. The average Bonchev–Trinajstić information content (AvgIpc) is 3.17. The highest BCUT2D eigenvalue weighted by Gasteiger charge is 2.35. The van der Waals surface area contributed by atoms with Gasteiger partial charge in [-0.15, -0.1) is 0 Å². The lowest BCUT2D eigenvalue weighted by Gasteiger charge is -2.20. The second-order valence-corrected chi connectivity index (χ2v) is 7.68. The first-order valence-corrected chi connectivity index (χ1v) is 10.3. The molecule has 1 aliphatic rings. The molecule has 0 saturated carbocycles. The number of hydrogen-bond donors (Lipinski definition) is 3. The summed E-state index contributed by atoms with van der Waals surface area (Å²) in [7, 11) is 0. The summed E-state index contributed by atoms with van der Waals surface area (Å²) in [6, 6.07) is 26.5. The van der Waals surface area contributed by atoms with Crippen LogP contribution in [0.5, 0.6) is 0 Å². The maximum Gasteiger partial charge on any atom is 0.229 e. The summed E-state index contributed by atoms with van der Waals surface area (Å²) < 4.78 is 0. The monoisotopic (exact) mass is 415 g/mol. The predicted molar refractivity (Wildman–Crippen MR) is 121 cm³/mol. The number of benzene rings is 3. The van der Waals surface area contributed by atoms with Crippen LogP contribution >= 0.6 is 0 Å². The van der Waals surface area contributed by atoms with Crippen molar-refractivity contribution in [3.8, 4) is 0 Å². The predicted octanol–water partition coefficient (Wildman–Crippen LogP) is 3.95.